The number of rotatable bonds is 4. The standard InChI is InChI=1S/C21H20N4O2/c1-14-9-11-17(21(27)25(3)19-12-10-15(2)23-24-19)13-18(14)22-20(26)16-7-5-4-6-8-16/h4-13H,1-3H3,(H,22,26). The van der Waals surface area contributed by atoms with Crippen LogP contribution < -0.4 is 10.2 Å². The maximum Gasteiger partial charge on any atom is 0.259 e. The fourth-order valence-corrected chi connectivity index (χ4v) is 2.54. The summed E-state index contributed by atoms with van der Waals surface area (Å²) in [6.07, 6.45) is 0. The molecule has 136 valence electrons. The Morgan fingerprint density at radius 3 is 2.30 bits per heavy atom. The fraction of sp³-hybridized carbons (Fsp3) is 0.143. The summed E-state index contributed by atoms with van der Waals surface area (Å²) < 4.78 is 0. The molecule has 2 aromatic carbocycles. The van der Waals surface area contributed by atoms with Crippen LogP contribution in [0, 0.1) is 13.8 Å². The van der Waals surface area contributed by atoms with Gasteiger partial charge in [0.15, 0.2) is 5.82 Å². The highest BCUT2D eigenvalue weighted by molar-refractivity contribution is 6.08. The number of carbonyl (C=O) groups is 2. The summed E-state index contributed by atoms with van der Waals surface area (Å²) in [5.41, 5.74) is 3.25. The molecule has 0 atom stereocenters. The molecule has 0 saturated carbocycles. The van der Waals surface area contributed by atoms with Crippen LogP contribution >= 0.6 is 0 Å². The molecule has 0 aliphatic carbocycles. The van der Waals surface area contributed by atoms with Crippen molar-refractivity contribution in [2.24, 2.45) is 0 Å². The smallest absolute Gasteiger partial charge is 0.259 e. The van der Waals surface area contributed by atoms with Crippen molar-refractivity contribution >= 4 is 23.3 Å². The SMILES string of the molecule is Cc1ccc(N(C)C(=O)c2ccc(C)c(NC(=O)c3ccccc3)c2)nn1. The van der Waals surface area contributed by atoms with E-state index < -0.39 is 0 Å². The first kappa shape index (κ1) is 18.3. The Bertz CT molecular complexity index is 969. The second kappa shape index (κ2) is 7.78. The molecular formula is C21H20N4O2. The molecule has 1 N–H and O–H groups in total. The Labute approximate surface area is 157 Å². The van der Waals surface area contributed by atoms with Gasteiger partial charge >= 0.3 is 0 Å². The number of carbonyl (C=O) groups excluding carboxylic acids is 2. The summed E-state index contributed by atoms with van der Waals surface area (Å²) in [6, 6.07) is 17.7. The maximum atomic E-state index is 12.8. The molecule has 0 aliphatic heterocycles. The Morgan fingerprint density at radius 2 is 1.63 bits per heavy atom. The molecule has 0 saturated heterocycles. The summed E-state index contributed by atoms with van der Waals surface area (Å²) in [7, 11) is 1.64. The monoisotopic (exact) mass is 360 g/mol. The average Bonchev–Trinajstić information content (AvgIpc) is 2.69. The Balaban J connectivity index is 1.83. The van der Waals surface area contributed by atoms with Crippen LogP contribution in [0.3, 0.4) is 0 Å². The van der Waals surface area contributed by atoms with Gasteiger partial charge in [-0.25, -0.2) is 0 Å². The third-order valence-electron chi connectivity index (χ3n) is 4.20. The molecule has 0 spiro atoms. The van der Waals surface area contributed by atoms with Crippen molar-refractivity contribution in [3.8, 4) is 0 Å². The van der Waals surface area contributed by atoms with Crippen molar-refractivity contribution in [1.29, 1.82) is 0 Å². The number of nitrogens with one attached hydrogen (secondary N) is 1. The first-order valence-corrected chi connectivity index (χ1v) is 8.51. The fourth-order valence-electron chi connectivity index (χ4n) is 2.54. The molecule has 1 heterocycles. The van der Waals surface area contributed by atoms with E-state index in [9.17, 15) is 9.59 Å². The van der Waals surface area contributed by atoms with Gasteiger partial charge in [-0.1, -0.05) is 24.3 Å². The van der Waals surface area contributed by atoms with E-state index >= 15 is 0 Å². The van der Waals surface area contributed by atoms with Crippen LogP contribution in [0.5, 0.6) is 0 Å². The quantitative estimate of drug-likeness (QED) is 0.771. The minimum atomic E-state index is -0.233. The van der Waals surface area contributed by atoms with Gasteiger partial charge in [-0.05, 0) is 55.8 Å². The van der Waals surface area contributed by atoms with Gasteiger partial charge in [0, 0.05) is 23.9 Å². The normalized spacial score (nSPS) is 10.3. The zero-order valence-corrected chi connectivity index (χ0v) is 15.4. The molecule has 0 unspecified atom stereocenters. The molecule has 6 nitrogen and oxygen atoms in total. The number of nitrogens with zero attached hydrogens (tertiary/aromatic N) is 3. The minimum absolute atomic E-state index is 0.221. The third-order valence-corrected chi connectivity index (χ3v) is 4.20. The van der Waals surface area contributed by atoms with Crippen molar-refractivity contribution < 1.29 is 9.59 Å². The largest absolute Gasteiger partial charge is 0.322 e. The van der Waals surface area contributed by atoms with E-state index in [0.717, 1.165) is 11.3 Å². The molecule has 2 amide bonds. The van der Waals surface area contributed by atoms with Crippen molar-refractivity contribution in [1.82, 2.24) is 10.2 Å². The molecule has 0 fully saturated rings. The van der Waals surface area contributed by atoms with Crippen LogP contribution in [0.1, 0.15) is 32.0 Å². The van der Waals surface area contributed by atoms with Gasteiger partial charge in [0.2, 0.25) is 0 Å². The molecule has 3 aromatic rings. The lowest BCUT2D eigenvalue weighted by atomic mass is 10.1. The van der Waals surface area contributed by atoms with Crippen LogP contribution in [0.25, 0.3) is 0 Å². The van der Waals surface area contributed by atoms with Gasteiger partial charge < -0.3 is 5.32 Å². The molecule has 27 heavy (non-hydrogen) atoms. The van der Waals surface area contributed by atoms with Crippen molar-refractivity contribution in [2.45, 2.75) is 13.8 Å². The van der Waals surface area contributed by atoms with Gasteiger partial charge in [-0.2, -0.15) is 5.10 Å². The third kappa shape index (κ3) is 4.17. The molecule has 0 aliphatic rings. The van der Waals surface area contributed by atoms with Crippen molar-refractivity contribution in [2.75, 3.05) is 17.3 Å². The number of aromatic nitrogens is 2. The van der Waals surface area contributed by atoms with Gasteiger partial charge in [-0.3, -0.25) is 14.5 Å². The van der Waals surface area contributed by atoms with Gasteiger partial charge in [0.25, 0.3) is 11.8 Å². The number of amides is 2. The van der Waals surface area contributed by atoms with Gasteiger partial charge in [0.05, 0.1) is 5.69 Å². The Kier molecular flexibility index (Phi) is 5.26. The number of hydrogen-bond acceptors (Lipinski definition) is 4. The number of aryl methyl sites for hydroxylation is 2. The minimum Gasteiger partial charge on any atom is -0.322 e. The van der Waals surface area contributed by atoms with Gasteiger partial charge in [-0.15, -0.1) is 5.10 Å². The average molecular weight is 360 g/mol. The maximum absolute atomic E-state index is 12.8. The molecular weight excluding hydrogens is 340 g/mol. The second-order valence-corrected chi connectivity index (χ2v) is 6.25. The predicted molar refractivity (Wildman–Crippen MR) is 105 cm³/mol. The highest BCUT2D eigenvalue weighted by atomic mass is 16.2. The molecule has 0 bridgehead atoms. The molecule has 3 rings (SSSR count). The summed E-state index contributed by atoms with van der Waals surface area (Å²) in [4.78, 5) is 26.6. The van der Waals surface area contributed by atoms with Crippen LogP contribution in [-0.2, 0) is 0 Å². The van der Waals surface area contributed by atoms with E-state index in [-0.39, 0.29) is 11.8 Å². The highest BCUT2D eigenvalue weighted by Gasteiger charge is 2.17. The van der Waals surface area contributed by atoms with Crippen LogP contribution in [-0.4, -0.2) is 29.1 Å². The van der Waals surface area contributed by atoms with E-state index in [1.54, 1.807) is 55.6 Å². The Morgan fingerprint density at radius 1 is 0.889 bits per heavy atom. The topological polar surface area (TPSA) is 75.2 Å². The highest BCUT2D eigenvalue weighted by Crippen LogP contribution is 2.20. The summed E-state index contributed by atoms with van der Waals surface area (Å²) >= 11 is 0. The van der Waals surface area contributed by atoms with Crippen LogP contribution in [0.2, 0.25) is 0 Å². The van der Waals surface area contributed by atoms with E-state index in [0.29, 0.717) is 22.6 Å². The van der Waals surface area contributed by atoms with E-state index in [1.807, 2.05) is 26.0 Å². The van der Waals surface area contributed by atoms with Crippen LogP contribution in [0.15, 0.2) is 60.7 Å². The zero-order valence-electron chi connectivity index (χ0n) is 15.4. The van der Waals surface area contributed by atoms with E-state index in [1.165, 1.54) is 4.90 Å². The van der Waals surface area contributed by atoms with Crippen molar-refractivity contribution in [3.05, 3.63) is 83.0 Å². The van der Waals surface area contributed by atoms with Gasteiger partial charge in [0.1, 0.15) is 0 Å². The zero-order chi connectivity index (χ0) is 19.4. The first-order valence-electron chi connectivity index (χ1n) is 8.51. The summed E-state index contributed by atoms with van der Waals surface area (Å²) in [5, 5.41) is 10.9. The Hall–Kier alpha value is -3.54. The van der Waals surface area contributed by atoms with Crippen LogP contribution in [0.4, 0.5) is 11.5 Å². The second-order valence-electron chi connectivity index (χ2n) is 6.25. The predicted octanol–water partition coefficient (Wildman–Crippen LogP) is 3.62. The molecule has 6 heteroatoms. The molecule has 0 radical (unpaired) electrons. The number of anilines is 2. The summed E-state index contributed by atoms with van der Waals surface area (Å²) in [5.74, 6) is 0.00506. The number of hydrogen-bond donors (Lipinski definition) is 1. The number of benzene rings is 2. The molecule has 1 aromatic heterocycles. The van der Waals surface area contributed by atoms with E-state index in [2.05, 4.69) is 15.5 Å². The lowest BCUT2D eigenvalue weighted by Crippen LogP contribution is -2.27. The van der Waals surface area contributed by atoms with Crippen molar-refractivity contribution in [3.63, 3.8) is 0 Å². The lowest BCUT2D eigenvalue weighted by Gasteiger charge is -2.17. The lowest BCUT2D eigenvalue weighted by molar-refractivity contribution is 0.0989. The van der Waals surface area contributed by atoms with E-state index in [4.69, 9.17) is 0 Å². The summed E-state index contributed by atoms with van der Waals surface area (Å²) in [6.45, 7) is 3.71. The first-order chi connectivity index (χ1) is 13.0.